The molecule has 1 aliphatic heterocycles. The van der Waals surface area contributed by atoms with Crippen LogP contribution in [0.1, 0.15) is 39.4 Å². The molecule has 0 aliphatic carbocycles. The SMILES string of the molecule is Cc1nccc(C(=O)N2Cc3cc(C(=O)O)nn3CC2C)n1. The van der Waals surface area contributed by atoms with Crippen LogP contribution < -0.4 is 0 Å². The van der Waals surface area contributed by atoms with Gasteiger partial charge in [-0.15, -0.1) is 0 Å². The maximum absolute atomic E-state index is 12.6. The average molecular weight is 301 g/mol. The number of hydrogen-bond donors (Lipinski definition) is 1. The zero-order chi connectivity index (χ0) is 15.9. The van der Waals surface area contributed by atoms with E-state index in [4.69, 9.17) is 5.11 Å². The van der Waals surface area contributed by atoms with Crippen LogP contribution in [0, 0.1) is 6.92 Å². The molecule has 0 aromatic carbocycles. The van der Waals surface area contributed by atoms with E-state index in [0.717, 1.165) is 0 Å². The lowest BCUT2D eigenvalue weighted by Gasteiger charge is -2.33. The van der Waals surface area contributed by atoms with Gasteiger partial charge in [-0.1, -0.05) is 0 Å². The third-order valence-electron chi connectivity index (χ3n) is 3.64. The van der Waals surface area contributed by atoms with Crippen molar-refractivity contribution in [1.29, 1.82) is 0 Å². The molecular formula is C14H15N5O3. The lowest BCUT2D eigenvalue weighted by atomic mass is 10.1. The van der Waals surface area contributed by atoms with Crippen molar-refractivity contribution in [2.45, 2.75) is 33.0 Å². The Morgan fingerprint density at radius 3 is 2.82 bits per heavy atom. The van der Waals surface area contributed by atoms with Crippen molar-refractivity contribution in [3.8, 4) is 0 Å². The van der Waals surface area contributed by atoms with Crippen molar-refractivity contribution in [3.05, 3.63) is 41.2 Å². The smallest absolute Gasteiger partial charge is 0.356 e. The van der Waals surface area contributed by atoms with Gasteiger partial charge < -0.3 is 10.0 Å². The zero-order valence-corrected chi connectivity index (χ0v) is 12.2. The van der Waals surface area contributed by atoms with Gasteiger partial charge in [-0.3, -0.25) is 9.48 Å². The highest BCUT2D eigenvalue weighted by Crippen LogP contribution is 2.20. The molecule has 1 amide bonds. The molecule has 2 aromatic rings. The lowest BCUT2D eigenvalue weighted by Crippen LogP contribution is -2.45. The fraction of sp³-hybridized carbons (Fsp3) is 0.357. The predicted octanol–water partition coefficient (Wildman–Crippen LogP) is 0.724. The molecule has 1 atom stereocenters. The van der Waals surface area contributed by atoms with Gasteiger partial charge in [0.2, 0.25) is 0 Å². The highest BCUT2D eigenvalue weighted by Gasteiger charge is 2.30. The number of hydrogen-bond acceptors (Lipinski definition) is 5. The van der Waals surface area contributed by atoms with Crippen LogP contribution >= 0.6 is 0 Å². The number of rotatable bonds is 2. The minimum atomic E-state index is -1.07. The highest BCUT2D eigenvalue weighted by atomic mass is 16.4. The standard InChI is InChI=1S/C14H15N5O3/c1-8-6-19-10(5-12(17-19)14(21)22)7-18(8)13(20)11-3-4-15-9(2)16-11/h3-5,8H,6-7H2,1-2H3,(H,21,22). The van der Waals surface area contributed by atoms with Gasteiger partial charge in [0.15, 0.2) is 5.69 Å². The Labute approximate surface area is 126 Å². The summed E-state index contributed by atoms with van der Waals surface area (Å²) >= 11 is 0. The van der Waals surface area contributed by atoms with Crippen LogP contribution in [0.5, 0.6) is 0 Å². The number of amides is 1. The van der Waals surface area contributed by atoms with E-state index in [1.54, 1.807) is 28.8 Å². The first kappa shape index (κ1) is 14.2. The first-order valence-electron chi connectivity index (χ1n) is 6.86. The van der Waals surface area contributed by atoms with Crippen LogP contribution in [0.4, 0.5) is 0 Å². The topological polar surface area (TPSA) is 101 Å². The molecule has 114 valence electrons. The average Bonchev–Trinajstić information content (AvgIpc) is 2.88. The monoisotopic (exact) mass is 301 g/mol. The summed E-state index contributed by atoms with van der Waals surface area (Å²) in [5.41, 5.74) is 1.04. The first-order valence-corrected chi connectivity index (χ1v) is 6.86. The maximum Gasteiger partial charge on any atom is 0.356 e. The highest BCUT2D eigenvalue weighted by molar-refractivity contribution is 5.92. The second kappa shape index (κ2) is 5.21. The van der Waals surface area contributed by atoms with Crippen molar-refractivity contribution < 1.29 is 14.7 Å². The molecule has 3 rings (SSSR count). The minimum absolute atomic E-state index is 0.00520. The van der Waals surface area contributed by atoms with Crippen molar-refractivity contribution in [1.82, 2.24) is 24.6 Å². The zero-order valence-electron chi connectivity index (χ0n) is 12.2. The van der Waals surface area contributed by atoms with Crippen LogP contribution in [0.15, 0.2) is 18.3 Å². The van der Waals surface area contributed by atoms with E-state index in [2.05, 4.69) is 15.1 Å². The Bertz CT molecular complexity index is 755. The van der Waals surface area contributed by atoms with E-state index in [1.807, 2.05) is 6.92 Å². The molecule has 8 heteroatoms. The molecule has 0 fully saturated rings. The molecule has 1 aliphatic rings. The number of carboxylic acid groups (broad SMARTS) is 1. The van der Waals surface area contributed by atoms with Crippen molar-refractivity contribution in [3.63, 3.8) is 0 Å². The number of aryl methyl sites for hydroxylation is 1. The van der Waals surface area contributed by atoms with Crippen LogP contribution in [-0.2, 0) is 13.1 Å². The molecule has 8 nitrogen and oxygen atoms in total. The van der Waals surface area contributed by atoms with E-state index in [-0.39, 0.29) is 17.6 Å². The largest absolute Gasteiger partial charge is 0.476 e. The molecule has 1 unspecified atom stereocenters. The molecule has 0 saturated carbocycles. The summed E-state index contributed by atoms with van der Waals surface area (Å²) in [6.45, 7) is 4.39. The summed E-state index contributed by atoms with van der Waals surface area (Å²) in [5.74, 6) is -0.727. The molecule has 0 saturated heterocycles. The first-order chi connectivity index (χ1) is 10.5. The summed E-state index contributed by atoms with van der Waals surface area (Å²) in [4.78, 5) is 33.4. The van der Waals surface area contributed by atoms with E-state index in [9.17, 15) is 9.59 Å². The van der Waals surface area contributed by atoms with Crippen molar-refractivity contribution in [2.24, 2.45) is 0 Å². The molecule has 2 aromatic heterocycles. The minimum Gasteiger partial charge on any atom is -0.476 e. The summed E-state index contributed by atoms with van der Waals surface area (Å²) in [7, 11) is 0. The number of carbonyl (C=O) groups is 2. The van der Waals surface area contributed by atoms with Crippen LogP contribution in [0.25, 0.3) is 0 Å². The summed E-state index contributed by atoms with van der Waals surface area (Å²) < 4.78 is 1.64. The van der Waals surface area contributed by atoms with Crippen molar-refractivity contribution in [2.75, 3.05) is 0 Å². The number of aromatic nitrogens is 4. The fourth-order valence-corrected chi connectivity index (χ4v) is 2.52. The Hall–Kier alpha value is -2.77. The lowest BCUT2D eigenvalue weighted by molar-refractivity contribution is 0.0596. The van der Waals surface area contributed by atoms with Crippen LogP contribution in [0.2, 0.25) is 0 Å². The van der Waals surface area contributed by atoms with Crippen molar-refractivity contribution >= 4 is 11.9 Å². The van der Waals surface area contributed by atoms with Gasteiger partial charge >= 0.3 is 5.97 Å². The van der Waals surface area contributed by atoms with Gasteiger partial charge in [0.25, 0.3) is 5.91 Å². The van der Waals surface area contributed by atoms with Crippen LogP contribution in [0.3, 0.4) is 0 Å². The number of aromatic carboxylic acids is 1. The van der Waals surface area contributed by atoms with Gasteiger partial charge in [-0.2, -0.15) is 5.10 Å². The Balaban J connectivity index is 1.89. The van der Waals surface area contributed by atoms with Gasteiger partial charge in [0, 0.05) is 12.2 Å². The van der Waals surface area contributed by atoms with E-state index in [1.165, 1.54) is 6.07 Å². The molecule has 3 heterocycles. The second-order valence-electron chi connectivity index (χ2n) is 5.28. The number of fused-ring (bicyclic) bond motifs is 1. The quantitative estimate of drug-likeness (QED) is 0.877. The molecule has 0 bridgehead atoms. The van der Waals surface area contributed by atoms with E-state index >= 15 is 0 Å². The van der Waals surface area contributed by atoms with Gasteiger partial charge in [0.05, 0.1) is 18.8 Å². The third-order valence-corrected chi connectivity index (χ3v) is 3.64. The molecule has 22 heavy (non-hydrogen) atoms. The molecule has 1 N–H and O–H groups in total. The molecule has 0 radical (unpaired) electrons. The number of carbonyl (C=O) groups excluding carboxylic acids is 1. The van der Waals surface area contributed by atoms with E-state index in [0.29, 0.717) is 30.3 Å². The fourth-order valence-electron chi connectivity index (χ4n) is 2.52. The number of carboxylic acids is 1. The van der Waals surface area contributed by atoms with Crippen LogP contribution in [-0.4, -0.2) is 47.7 Å². The summed E-state index contributed by atoms with van der Waals surface area (Å²) in [6.07, 6.45) is 1.55. The normalized spacial score (nSPS) is 17.2. The molecular weight excluding hydrogens is 286 g/mol. The summed E-state index contributed by atoms with van der Waals surface area (Å²) in [6, 6.07) is 2.98. The van der Waals surface area contributed by atoms with Gasteiger partial charge in [-0.05, 0) is 26.0 Å². The summed E-state index contributed by atoms with van der Waals surface area (Å²) in [5, 5.41) is 13.0. The van der Waals surface area contributed by atoms with Gasteiger partial charge in [0.1, 0.15) is 11.5 Å². The van der Waals surface area contributed by atoms with Gasteiger partial charge in [-0.25, -0.2) is 14.8 Å². The predicted molar refractivity (Wildman–Crippen MR) is 75.3 cm³/mol. The third kappa shape index (κ3) is 2.43. The second-order valence-corrected chi connectivity index (χ2v) is 5.28. The number of nitrogens with zero attached hydrogens (tertiary/aromatic N) is 5. The molecule has 0 spiro atoms. The Kier molecular flexibility index (Phi) is 3.36. The Morgan fingerprint density at radius 2 is 2.14 bits per heavy atom. The van der Waals surface area contributed by atoms with E-state index < -0.39 is 5.97 Å². The maximum atomic E-state index is 12.6. The Morgan fingerprint density at radius 1 is 1.36 bits per heavy atom.